The molecule has 0 heterocycles. The maximum atomic E-state index is 11.8. The molecule has 0 spiro atoms. The zero-order valence-electron chi connectivity index (χ0n) is 13.0. The van der Waals surface area contributed by atoms with E-state index in [0.29, 0.717) is 11.1 Å². The fourth-order valence-electron chi connectivity index (χ4n) is 1.97. The highest BCUT2D eigenvalue weighted by Crippen LogP contribution is 2.07. The summed E-state index contributed by atoms with van der Waals surface area (Å²) in [7, 11) is 0. The maximum absolute atomic E-state index is 11.8. The molecule has 0 bridgehead atoms. The summed E-state index contributed by atoms with van der Waals surface area (Å²) in [5, 5.41) is 0. The molecule has 0 saturated carbocycles. The van der Waals surface area contributed by atoms with Crippen LogP contribution in [-0.4, -0.2) is 17.9 Å². The molecule has 3 heteroatoms. The Balaban J connectivity index is 0.000000219. The number of rotatable bonds is 4. The van der Waals surface area contributed by atoms with Crippen LogP contribution in [0.25, 0.3) is 0 Å². The van der Waals surface area contributed by atoms with Crippen LogP contribution >= 0.6 is 0 Å². The molecule has 0 saturated heterocycles. The molecule has 0 aliphatic heterocycles. The van der Waals surface area contributed by atoms with Crippen LogP contribution in [0.3, 0.4) is 0 Å². The molecule has 3 nitrogen and oxygen atoms in total. The van der Waals surface area contributed by atoms with Crippen LogP contribution in [0.1, 0.15) is 31.1 Å². The van der Waals surface area contributed by atoms with Crippen LogP contribution in [-0.2, 0) is 0 Å². The summed E-state index contributed by atoms with van der Waals surface area (Å²) >= 11 is 0. The minimum absolute atomic E-state index is 0.427. The van der Waals surface area contributed by atoms with E-state index < -0.39 is 11.6 Å². The van der Waals surface area contributed by atoms with E-state index in [1.165, 1.54) is 0 Å². The minimum Gasteiger partial charge on any atom is -0.298 e. The molecular formula is C21H16O3. The molecule has 3 rings (SSSR count). The smallest absolute Gasteiger partial charge is 0.233 e. The number of benzene rings is 3. The highest BCUT2D eigenvalue weighted by Gasteiger charge is 2.16. The van der Waals surface area contributed by atoms with Crippen molar-refractivity contribution in [3.63, 3.8) is 0 Å². The number of ketones is 2. The Labute approximate surface area is 140 Å². The van der Waals surface area contributed by atoms with Gasteiger partial charge in [0, 0.05) is 16.7 Å². The van der Waals surface area contributed by atoms with Gasteiger partial charge >= 0.3 is 0 Å². The van der Waals surface area contributed by atoms with Gasteiger partial charge in [0.25, 0.3) is 0 Å². The lowest BCUT2D eigenvalue weighted by atomic mass is 10.0. The molecule has 0 fully saturated rings. The zero-order chi connectivity index (χ0) is 17.2. The Morgan fingerprint density at radius 1 is 0.542 bits per heavy atom. The van der Waals surface area contributed by atoms with Crippen molar-refractivity contribution in [2.75, 3.05) is 0 Å². The first-order valence-electron chi connectivity index (χ1n) is 7.41. The van der Waals surface area contributed by atoms with Gasteiger partial charge in [0.05, 0.1) is 0 Å². The molecule has 0 atom stereocenters. The molecule has 0 aliphatic carbocycles. The number of carbonyl (C=O) groups is 3. The molecule has 3 aromatic carbocycles. The van der Waals surface area contributed by atoms with Crippen LogP contribution in [0.2, 0.25) is 0 Å². The third-order valence-electron chi connectivity index (χ3n) is 3.21. The lowest BCUT2D eigenvalue weighted by Crippen LogP contribution is -2.14. The lowest BCUT2D eigenvalue weighted by molar-refractivity contribution is 0.0817. The van der Waals surface area contributed by atoms with Crippen molar-refractivity contribution >= 4 is 17.9 Å². The third-order valence-corrected chi connectivity index (χ3v) is 3.21. The van der Waals surface area contributed by atoms with Crippen LogP contribution in [0.5, 0.6) is 0 Å². The van der Waals surface area contributed by atoms with E-state index in [1.54, 1.807) is 60.7 Å². The molecule has 0 N–H and O–H groups in total. The predicted molar refractivity (Wildman–Crippen MR) is 93.4 cm³/mol. The zero-order valence-corrected chi connectivity index (χ0v) is 13.0. The molecule has 0 amide bonds. The van der Waals surface area contributed by atoms with Gasteiger partial charge in [-0.15, -0.1) is 0 Å². The quantitative estimate of drug-likeness (QED) is 0.411. The van der Waals surface area contributed by atoms with Crippen molar-refractivity contribution in [3.8, 4) is 0 Å². The second kappa shape index (κ2) is 8.96. The number of carbonyl (C=O) groups excluding carboxylic acids is 3. The Hall–Kier alpha value is -3.33. The maximum Gasteiger partial charge on any atom is 0.233 e. The molecule has 0 aliphatic rings. The molecule has 0 unspecified atom stereocenters. The topological polar surface area (TPSA) is 51.2 Å². The summed E-state index contributed by atoms with van der Waals surface area (Å²) in [5.41, 5.74) is 1.58. The van der Waals surface area contributed by atoms with Gasteiger partial charge in [-0.3, -0.25) is 14.4 Å². The highest BCUT2D eigenvalue weighted by atomic mass is 16.2. The minimum atomic E-state index is -0.466. The van der Waals surface area contributed by atoms with Gasteiger partial charge in [0.1, 0.15) is 6.29 Å². The molecular weight excluding hydrogens is 300 g/mol. The standard InChI is InChI=1S/C14H10O2.C7H6O/c15-13(11-7-3-1-4-8-11)14(16)12-9-5-2-6-10-12;8-6-7-4-2-1-3-5-7/h1-10H;1-6H. The second-order valence-electron chi connectivity index (χ2n) is 4.92. The fraction of sp³-hybridized carbons (Fsp3) is 0. The molecule has 0 radical (unpaired) electrons. The Morgan fingerprint density at radius 3 is 1.17 bits per heavy atom. The Morgan fingerprint density at radius 2 is 0.875 bits per heavy atom. The van der Waals surface area contributed by atoms with E-state index in [9.17, 15) is 14.4 Å². The monoisotopic (exact) mass is 316 g/mol. The number of hydrogen-bond acceptors (Lipinski definition) is 3. The average Bonchev–Trinajstić information content (AvgIpc) is 2.69. The van der Waals surface area contributed by atoms with Crippen molar-refractivity contribution in [2.45, 2.75) is 0 Å². The first-order chi connectivity index (χ1) is 11.7. The van der Waals surface area contributed by atoms with Gasteiger partial charge in [-0.05, 0) is 0 Å². The van der Waals surface area contributed by atoms with Crippen molar-refractivity contribution in [1.82, 2.24) is 0 Å². The molecule has 24 heavy (non-hydrogen) atoms. The van der Waals surface area contributed by atoms with Crippen molar-refractivity contribution in [1.29, 1.82) is 0 Å². The van der Waals surface area contributed by atoms with E-state index in [2.05, 4.69) is 0 Å². The predicted octanol–water partition coefficient (Wildman–Crippen LogP) is 4.25. The summed E-state index contributed by atoms with van der Waals surface area (Å²) < 4.78 is 0. The summed E-state index contributed by atoms with van der Waals surface area (Å²) in [6, 6.07) is 26.3. The Kier molecular flexibility index (Phi) is 6.35. The summed E-state index contributed by atoms with van der Waals surface area (Å²) in [5.74, 6) is -0.932. The summed E-state index contributed by atoms with van der Waals surface area (Å²) in [4.78, 5) is 33.6. The Bertz CT molecular complexity index is 745. The molecule has 3 aromatic rings. The van der Waals surface area contributed by atoms with Crippen LogP contribution < -0.4 is 0 Å². The van der Waals surface area contributed by atoms with Gasteiger partial charge in [0.2, 0.25) is 11.6 Å². The second-order valence-corrected chi connectivity index (χ2v) is 4.92. The summed E-state index contributed by atoms with van der Waals surface area (Å²) in [6.07, 6.45) is 0.833. The average molecular weight is 316 g/mol. The highest BCUT2D eigenvalue weighted by molar-refractivity contribution is 6.49. The van der Waals surface area contributed by atoms with Crippen LogP contribution in [0, 0.1) is 0 Å². The fourth-order valence-corrected chi connectivity index (χ4v) is 1.97. The van der Waals surface area contributed by atoms with Gasteiger partial charge in [-0.25, -0.2) is 0 Å². The molecule has 0 aromatic heterocycles. The summed E-state index contributed by atoms with van der Waals surface area (Å²) in [6.45, 7) is 0. The first kappa shape index (κ1) is 17.0. The van der Waals surface area contributed by atoms with E-state index in [0.717, 1.165) is 11.8 Å². The first-order valence-corrected chi connectivity index (χ1v) is 7.41. The largest absolute Gasteiger partial charge is 0.298 e. The van der Waals surface area contributed by atoms with Crippen molar-refractivity contribution < 1.29 is 14.4 Å². The van der Waals surface area contributed by atoms with Gasteiger partial charge < -0.3 is 0 Å². The third kappa shape index (κ3) is 4.85. The van der Waals surface area contributed by atoms with Crippen LogP contribution in [0.15, 0.2) is 91.0 Å². The van der Waals surface area contributed by atoms with E-state index in [1.807, 2.05) is 30.3 Å². The number of aldehydes is 1. The number of Topliss-reactive ketones (excluding diaryl/α,β-unsaturated/α-hetero) is 2. The van der Waals surface area contributed by atoms with Gasteiger partial charge in [-0.1, -0.05) is 91.0 Å². The van der Waals surface area contributed by atoms with E-state index >= 15 is 0 Å². The van der Waals surface area contributed by atoms with E-state index in [4.69, 9.17) is 0 Å². The van der Waals surface area contributed by atoms with Crippen LogP contribution in [0.4, 0.5) is 0 Å². The van der Waals surface area contributed by atoms with Crippen molar-refractivity contribution in [3.05, 3.63) is 108 Å². The normalized spacial score (nSPS) is 9.33. The van der Waals surface area contributed by atoms with Gasteiger partial charge in [-0.2, -0.15) is 0 Å². The van der Waals surface area contributed by atoms with Gasteiger partial charge in [0.15, 0.2) is 0 Å². The van der Waals surface area contributed by atoms with Crippen molar-refractivity contribution in [2.24, 2.45) is 0 Å². The SMILES string of the molecule is O=C(C(=O)c1ccccc1)c1ccccc1.O=Cc1ccccc1. The van der Waals surface area contributed by atoms with E-state index in [-0.39, 0.29) is 0 Å². The number of hydrogen-bond donors (Lipinski definition) is 0. The lowest BCUT2D eigenvalue weighted by Gasteiger charge is -1.99. The molecule has 118 valence electrons.